The molecule has 6 heteroatoms. The van der Waals surface area contributed by atoms with Crippen molar-refractivity contribution >= 4 is 29.4 Å². The summed E-state index contributed by atoms with van der Waals surface area (Å²) in [5.74, 6) is -0.0186. The average Bonchev–Trinajstić information content (AvgIpc) is 2.78. The molecule has 0 amide bonds. The maximum atomic E-state index is 12.4. The van der Waals surface area contributed by atoms with E-state index in [2.05, 4.69) is 6.92 Å². The third-order valence-electron chi connectivity index (χ3n) is 5.74. The number of carbonyl (C=O) groups is 2. The summed E-state index contributed by atoms with van der Waals surface area (Å²) >= 11 is 0. The van der Waals surface area contributed by atoms with Gasteiger partial charge in [-0.1, -0.05) is 31.5 Å². The van der Waals surface area contributed by atoms with Crippen molar-refractivity contribution in [2.75, 3.05) is 11.5 Å². The highest BCUT2D eigenvalue weighted by Crippen LogP contribution is 2.28. The van der Waals surface area contributed by atoms with Gasteiger partial charge in [0.2, 0.25) is 0 Å². The molecule has 1 aliphatic carbocycles. The Bertz CT molecular complexity index is 929. The lowest BCUT2D eigenvalue weighted by atomic mass is 9.86. The Morgan fingerprint density at radius 3 is 2.39 bits per heavy atom. The number of nitrogen functional groups attached to an aromatic ring is 2. The van der Waals surface area contributed by atoms with Gasteiger partial charge in [-0.05, 0) is 67.5 Å². The number of anilines is 2. The van der Waals surface area contributed by atoms with Crippen LogP contribution < -0.4 is 11.5 Å². The van der Waals surface area contributed by atoms with E-state index in [-0.39, 0.29) is 18.7 Å². The fourth-order valence-electron chi connectivity index (χ4n) is 3.71. The van der Waals surface area contributed by atoms with E-state index >= 15 is 0 Å². The first-order valence-corrected chi connectivity index (χ1v) is 10.7. The van der Waals surface area contributed by atoms with E-state index < -0.39 is 5.97 Å². The zero-order valence-corrected chi connectivity index (χ0v) is 17.9. The lowest BCUT2D eigenvalue weighted by Crippen LogP contribution is -2.24. The maximum absolute atomic E-state index is 12.4. The first kappa shape index (κ1) is 22.4. The molecule has 0 unspecified atom stereocenters. The van der Waals surface area contributed by atoms with Gasteiger partial charge in [0, 0.05) is 23.0 Å². The van der Waals surface area contributed by atoms with Gasteiger partial charge >= 0.3 is 11.9 Å². The third-order valence-corrected chi connectivity index (χ3v) is 5.74. The van der Waals surface area contributed by atoms with Gasteiger partial charge in [0.1, 0.15) is 12.7 Å². The average molecular weight is 423 g/mol. The van der Waals surface area contributed by atoms with Crippen molar-refractivity contribution in [3.63, 3.8) is 0 Å². The van der Waals surface area contributed by atoms with E-state index in [4.69, 9.17) is 20.9 Å². The molecule has 1 saturated carbocycles. The minimum absolute atomic E-state index is 0.0136. The van der Waals surface area contributed by atoms with Gasteiger partial charge in [-0.2, -0.15) is 0 Å². The number of benzene rings is 2. The van der Waals surface area contributed by atoms with Gasteiger partial charge in [-0.25, -0.2) is 9.59 Å². The number of nitrogens with two attached hydrogens (primary N) is 2. The van der Waals surface area contributed by atoms with Crippen molar-refractivity contribution in [2.45, 2.75) is 51.7 Å². The molecule has 2 aromatic rings. The van der Waals surface area contributed by atoms with Gasteiger partial charge in [0.05, 0.1) is 5.56 Å². The largest absolute Gasteiger partial charge is 0.459 e. The SMILES string of the molecule is CCC1CCC(OC(=O)c2ccc(/C=C/C(=O)OCc3ccc(N)cc3N)cc2)CC1. The van der Waals surface area contributed by atoms with Crippen molar-refractivity contribution in [2.24, 2.45) is 5.92 Å². The zero-order valence-electron chi connectivity index (χ0n) is 17.9. The Morgan fingerprint density at radius 2 is 1.74 bits per heavy atom. The molecule has 0 aliphatic heterocycles. The van der Waals surface area contributed by atoms with Crippen LogP contribution in [0.15, 0.2) is 48.5 Å². The Kier molecular flexibility index (Phi) is 7.70. The fraction of sp³-hybridized carbons (Fsp3) is 0.360. The molecule has 0 radical (unpaired) electrons. The number of rotatable bonds is 7. The van der Waals surface area contributed by atoms with Gasteiger partial charge in [0.25, 0.3) is 0 Å². The molecule has 0 atom stereocenters. The predicted octanol–water partition coefficient (Wildman–Crippen LogP) is 4.73. The van der Waals surface area contributed by atoms with Gasteiger partial charge in [0.15, 0.2) is 0 Å². The molecule has 4 N–H and O–H groups in total. The number of esters is 2. The monoisotopic (exact) mass is 422 g/mol. The summed E-state index contributed by atoms with van der Waals surface area (Å²) in [5, 5.41) is 0. The molecule has 0 aromatic heterocycles. The van der Waals surface area contributed by atoms with E-state index in [0.717, 1.165) is 37.2 Å². The Morgan fingerprint density at radius 1 is 1.03 bits per heavy atom. The van der Waals surface area contributed by atoms with Crippen molar-refractivity contribution in [3.8, 4) is 0 Å². The summed E-state index contributed by atoms with van der Waals surface area (Å²) in [5.41, 5.74) is 14.5. The smallest absolute Gasteiger partial charge is 0.338 e. The van der Waals surface area contributed by atoms with Crippen LogP contribution in [0, 0.1) is 5.92 Å². The molecule has 1 aliphatic rings. The topological polar surface area (TPSA) is 105 Å². The molecule has 6 nitrogen and oxygen atoms in total. The van der Waals surface area contributed by atoms with Crippen LogP contribution in [0.2, 0.25) is 0 Å². The minimum atomic E-state index is -0.484. The highest BCUT2D eigenvalue weighted by molar-refractivity contribution is 5.90. The van der Waals surface area contributed by atoms with Gasteiger partial charge in [-0.3, -0.25) is 0 Å². The number of ether oxygens (including phenoxy) is 2. The van der Waals surface area contributed by atoms with E-state index in [1.54, 1.807) is 48.5 Å². The standard InChI is InChI=1S/C25H30N2O4/c1-2-17-5-12-22(13-6-17)31-25(29)19-8-3-18(4-9-19)7-14-24(28)30-16-20-10-11-21(26)15-23(20)27/h3-4,7-11,14-15,17,22H,2,5-6,12-13,16,26-27H2,1H3/b14-7+. The third kappa shape index (κ3) is 6.60. The molecule has 0 heterocycles. The lowest BCUT2D eigenvalue weighted by Gasteiger charge is -2.27. The summed E-state index contributed by atoms with van der Waals surface area (Å²) in [6.07, 6.45) is 8.31. The first-order chi connectivity index (χ1) is 14.9. The summed E-state index contributed by atoms with van der Waals surface area (Å²) in [4.78, 5) is 24.3. The predicted molar refractivity (Wildman–Crippen MR) is 122 cm³/mol. The number of hydrogen-bond acceptors (Lipinski definition) is 6. The van der Waals surface area contributed by atoms with Crippen LogP contribution in [0.1, 0.15) is 60.5 Å². The molecule has 1 fully saturated rings. The molecular weight excluding hydrogens is 392 g/mol. The normalized spacial score (nSPS) is 18.6. The molecule has 31 heavy (non-hydrogen) atoms. The van der Waals surface area contributed by atoms with Gasteiger partial charge in [-0.15, -0.1) is 0 Å². The summed E-state index contributed by atoms with van der Waals surface area (Å²) in [7, 11) is 0. The van der Waals surface area contributed by atoms with Crippen LogP contribution in [0.25, 0.3) is 6.08 Å². The Labute approximate surface area is 183 Å². The van der Waals surface area contributed by atoms with E-state index in [1.807, 2.05) is 0 Å². The first-order valence-electron chi connectivity index (χ1n) is 10.7. The minimum Gasteiger partial charge on any atom is -0.459 e. The van der Waals surface area contributed by atoms with E-state index in [0.29, 0.717) is 22.5 Å². The Balaban J connectivity index is 1.47. The molecular formula is C25H30N2O4. The summed E-state index contributed by atoms with van der Waals surface area (Å²) in [6.45, 7) is 2.28. The maximum Gasteiger partial charge on any atom is 0.338 e. The van der Waals surface area contributed by atoms with Crippen molar-refractivity contribution in [1.29, 1.82) is 0 Å². The molecule has 0 bridgehead atoms. The van der Waals surface area contributed by atoms with E-state index in [9.17, 15) is 9.59 Å². The Hall–Kier alpha value is -3.28. The fourth-order valence-corrected chi connectivity index (χ4v) is 3.71. The molecule has 164 valence electrons. The van der Waals surface area contributed by atoms with Crippen LogP contribution in [0.4, 0.5) is 11.4 Å². The highest BCUT2D eigenvalue weighted by atomic mass is 16.5. The van der Waals surface area contributed by atoms with Crippen LogP contribution in [-0.4, -0.2) is 18.0 Å². The number of hydrogen-bond donors (Lipinski definition) is 2. The van der Waals surface area contributed by atoms with Crippen LogP contribution >= 0.6 is 0 Å². The second-order valence-electron chi connectivity index (χ2n) is 7.98. The molecule has 0 saturated heterocycles. The number of carbonyl (C=O) groups excluding carboxylic acids is 2. The summed E-state index contributed by atoms with van der Waals surface area (Å²) in [6, 6.07) is 12.0. The van der Waals surface area contributed by atoms with Crippen molar-refractivity contribution < 1.29 is 19.1 Å². The van der Waals surface area contributed by atoms with Crippen LogP contribution in [0.3, 0.4) is 0 Å². The lowest BCUT2D eigenvalue weighted by molar-refractivity contribution is -0.138. The quantitative estimate of drug-likeness (QED) is 0.380. The van der Waals surface area contributed by atoms with Crippen molar-refractivity contribution in [1.82, 2.24) is 0 Å². The molecule has 3 rings (SSSR count). The second-order valence-corrected chi connectivity index (χ2v) is 7.98. The molecule has 0 spiro atoms. The summed E-state index contributed by atoms with van der Waals surface area (Å²) < 4.78 is 10.9. The zero-order chi connectivity index (χ0) is 22.2. The second kappa shape index (κ2) is 10.7. The highest BCUT2D eigenvalue weighted by Gasteiger charge is 2.23. The van der Waals surface area contributed by atoms with Crippen molar-refractivity contribution in [3.05, 3.63) is 65.2 Å². The van der Waals surface area contributed by atoms with E-state index in [1.165, 1.54) is 12.5 Å². The van der Waals surface area contributed by atoms with Crippen LogP contribution in [0.5, 0.6) is 0 Å². The molecule has 2 aromatic carbocycles. The van der Waals surface area contributed by atoms with Crippen LogP contribution in [-0.2, 0) is 20.9 Å². The van der Waals surface area contributed by atoms with Gasteiger partial charge < -0.3 is 20.9 Å².